The minimum Gasteiger partial charge on any atom is -0.495 e. The summed E-state index contributed by atoms with van der Waals surface area (Å²) in [5, 5.41) is 5.48. The Bertz CT molecular complexity index is 867. The van der Waals surface area contributed by atoms with Crippen molar-refractivity contribution < 1.29 is 19.1 Å². The van der Waals surface area contributed by atoms with Crippen LogP contribution in [0.4, 0.5) is 17.1 Å². The molecular weight excluding hydrogens is 346 g/mol. The third kappa shape index (κ3) is 4.25. The van der Waals surface area contributed by atoms with Gasteiger partial charge in [0.15, 0.2) is 0 Å². The summed E-state index contributed by atoms with van der Waals surface area (Å²) in [6.07, 6.45) is 0.147. The van der Waals surface area contributed by atoms with E-state index in [4.69, 9.17) is 4.74 Å². The largest absolute Gasteiger partial charge is 0.495 e. The SMILES string of the molecule is COc1ccc(NC(C)=O)cc1NC(=O)C1CC(=O)N(c2ccccc2)C1. The lowest BCUT2D eigenvalue weighted by atomic mass is 10.1. The number of anilines is 3. The van der Waals surface area contributed by atoms with Crippen molar-refractivity contribution in [1.29, 1.82) is 0 Å². The lowest BCUT2D eigenvalue weighted by molar-refractivity contribution is -0.122. The molecule has 0 saturated carbocycles. The minimum absolute atomic E-state index is 0.0830. The van der Waals surface area contributed by atoms with Crippen molar-refractivity contribution in [2.24, 2.45) is 5.92 Å². The van der Waals surface area contributed by atoms with Crippen molar-refractivity contribution >= 4 is 34.8 Å². The fourth-order valence-electron chi connectivity index (χ4n) is 3.06. The van der Waals surface area contributed by atoms with Crippen LogP contribution in [0.2, 0.25) is 0 Å². The molecule has 0 aliphatic carbocycles. The van der Waals surface area contributed by atoms with Crippen LogP contribution in [0.15, 0.2) is 48.5 Å². The van der Waals surface area contributed by atoms with E-state index >= 15 is 0 Å². The maximum Gasteiger partial charge on any atom is 0.229 e. The predicted molar refractivity (Wildman–Crippen MR) is 103 cm³/mol. The summed E-state index contributed by atoms with van der Waals surface area (Å²) in [4.78, 5) is 37.9. The highest BCUT2D eigenvalue weighted by molar-refractivity contribution is 6.04. The van der Waals surface area contributed by atoms with Gasteiger partial charge in [-0.1, -0.05) is 18.2 Å². The van der Waals surface area contributed by atoms with Crippen LogP contribution in [0.1, 0.15) is 13.3 Å². The Morgan fingerprint density at radius 3 is 2.52 bits per heavy atom. The van der Waals surface area contributed by atoms with Gasteiger partial charge < -0.3 is 20.3 Å². The Kier molecular flexibility index (Phi) is 5.40. The van der Waals surface area contributed by atoms with Crippen molar-refractivity contribution in [3.63, 3.8) is 0 Å². The first-order valence-electron chi connectivity index (χ1n) is 8.60. The number of rotatable bonds is 5. The molecule has 7 nitrogen and oxygen atoms in total. The predicted octanol–water partition coefficient (Wildman–Crippen LogP) is 2.65. The molecular formula is C20H21N3O4. The third-order valence-electron chi connectivity index (χ3n) is 4.34. The van der Waals surface area contributed by atoms with E-state index in [9.17, 15) is 14.4 Å². The van der Waals surface area contributed by atoms with Crippen LogP contribution >= 0.6 is 0 Å². The van der Waals surface area contributed by atoms with E-state index in [2.05, 4.69) is 10.6 Å². The van der Waals surface area contributed by atoms with E-state index < -0.39 is 5.92 Å². The van der Waals surface area contributed by atoms with E-state index in [1.807, 2.05) is 30.3 Å². The maximum atomic E-state index is 12.7. The van der Waals surface area contributed by atoms with Crippen LogP contribution in [0, 0.1) is 5.92 Å². The Morgan fingerprint density at radius 1 is 1.11 bits per heavy atom. The summed E-state index contributed by atoms with van der Waals surface area (Å²) in [7, 11) is 1.50. The molecule has 0 aromatic heterocycles. The van der Waals surface area contributed by atoms with Crippen molar-refractivity contribution in [2.45, 2.75) is 13.3 Å². The molecule has 1 fully saturated rings. The van der Waals surface area contributed by atoms with Gasteiger partial charge in [-0.25, -0.2) is 0 Å². The highest BCUT2D eigenvalue weighted by atomic mass is 16.5. The zero-order valence-electron chi connectivity index (χ0n) is 15.2. The number of carbonyl (C=O) groups is 3. The van der Waals surface area contributed by atoms with Gasteiger partial charge in [0.1, 0.15) is 5.75 Å². The van der Waals surface area contributed by atoms with Crippen molar-refractivity contribution in [3.8, 4) is 5.75 Å². The van der Waals surface area contributed by atoms with Gasteiger partial charge in [-0.15, -0.1) is 0 Å². The number of methoxy groups -OCH3 is 1. The summed E-state index contributed by atoms with van der Waals surface area (Å²) in [5.74, 6) is -0.550. The second kappa shape index (κ2) is 7.90. The highest BCUT2D eigenvalue weighted by Crippen LogP contribution is 2.30. The standard InChI is InChI=1S/C20H21N3O4/c1-13(24)21-15-8-9-18(27-2)17(11-15)22-20(26)14-10-19(25)23(12-14)16-6-4-3-5-7-16/h3-9,11,14H,10,12H2,1-2H3,(H,21,24)(H,22,26). The first-order chi connectivity index (χ1) is 13.0. The van der Waals surface area contributed by atoms with Crippen molar-refractivity contribution in [2.75, 3.05) is 29.2 Å². The van der Waals surface area contributed by atoms with Crippen LogP contribution in [0.3, 0.4) is 0 Å². The monoisotopic (exact) mass is 367 g/mol. The van der Waals surface area contributed by atoms with Gasteiger partial charge in [0.25, 0.3) is 0 Å². The summed E-state index contributed by atoms with van der Waals surface area (Å²) in [6, 6.07) is 14.3. The Hall–Kier alpha value is -3.35. The van der Waals surface area contributed by atoms with Crippen LogP contribution in [-0.4, -0.2) is 31.4 Å². The molecule has 140 valence electrons. The number of nitrogens with one attached hydrogen (secondary N) is 2. The molecule has 2 N–H and O–H groups in total. The first kappa shape index (κ1) is 18.4. The number of benzene rings is 2. The van der Waals surface area contributed by atoms with Gasteiger partial charge in [0.2, 0.25) is 17.7 Å². The molecule has 1 atom stereocenters. The number of nitrogens with zero attached hydrogens (tertiary/aromatic N) is 1. The lowest BCUT2D eigenvalue weighted by Crippen LogP contribution is -2.28. The van der Waals surface area contributed by atoms with Crippen molar-refractivity contribution in [3.05, 3.63) is 48.5 Å². The molecule has 1 unspecified atom stereocenters. The minimum atomic E-state index is -0.466. The number of hydrogen-bond donors (Lipinski definition) is 2. The molecule has 3 rings (SSSR count). The fraction of sp³-hybridized carbons (Fsp3) is 0.250. The topological polar surface area (TPSA) is 87.7 Å². The van der Waals surface area contributed by atoms with Crippen LogP contribution in [0.5, 0.6) is 5.75 Å². The first-order valence-corrected chi connectivity index (χ1v) is 8.60. The Morgan fingerprint density at radius 2 is 1.85 bits per heavy atom. The highest BCUT2D eigenvalue weighted by Gasteiger charge is 2.35. The number of hydrogen-bond acceptors (Lipinski definition) is 4. The van der Waals surface area contributed by atoms with Gasteiger partial charge >= 0.3 is 0 Å². The number of amides is 3. The molecule has 2 aromatic carbocycles. The second-order valence-electron chi connectivity index (χ2n) is 6.33. The van der Waals surface area contributed by atoms with Crippen LogP contribution < -0.4 is 20.3 Å². The number of ether oxygens (including phenoxy) is 1. The molecule has 1 aliphatic heterocycles. The Balaban J connectivity index is 1.74. The van der Waals surface area contributed by atoms with Crippen molar-refractivity contribution in [1.82, 2.24) is 0 Å². The summed E-state index contributed by atoms with van der Waals surface area (Å²) in [5.41, 5.74) is 1.77. The lowest BCUT2D eigenvalue weighted by Gasteiger charge is -2.17. The van der Waals surface area contributed by atoms with E-state index in [0.717, 1.165) is 5.69 Å². The average molecular weight is 367 g/mol. The van der Waals surface area contributed by atoms with E-state index in [1.165, 1.54) is 14.0 Å². The molecule has 1 heterocycles. The summed E-state index contributed by atoms with van der Waals surface area (Å²) in [6.45, 7) is 1.73. The number of para-hydroxylation sites is 1. The average Bonchev–Trinajstić information content (AvgIpc) is 3.04. The molecule has 1 saturated heterocycles. The normalized spacial score (nSPS) is 16.1. The quantitative estimate of drug-likeness (QED) is 0.850. The van der Waals surface area contributed by atoms with Crippen LogP contribution in [0.25, 0.3) is 0 Å². The molecule has 0 spiro atoms. The third-order valence-corrected chi connectivity index (χ3v) is 4.34. The molecule has 3 amide bonds. The molecule has 7 heteroatoms. The van der Waals surface area contributed by atoms with Gasteiger partial charge in [-0.05, 0) is 30.3 Å². The molecule has 0 bridgehead atoms. The van der Waals surface area contributed by atoms with Gasteiger partial charge in [-0.3, -0.25) is 14.4 Å². The number of carbonyl (C=O) groups excluding carboxylic acids is 3. The molecule has 2 aromatic rings. The molecule has 1 aliphatic rings. The molecule has 0 radical (unpaired) electrons. The van der Waals surface area contributed by atoms with E-state index in [0.29, 0.717) is 23.7 Å². The van der Waals surface area contributed by atoms with Gasteiger partial charge in [0, 0.05) is 31.3 Å². The second-order valence-corrected chi connectivity index (χ2v) is 6.33. The summed E-state index contributed by atoms with van der Waals surface area (Å²) >= 11 is 0. The van der Waals surface area contributed by atoms with Crippen LogP contribution in [-0.2, 0) is 14.4 Å². The maximum absolute atomic E-state index is 12.7. The van der Waals surface area contributed by atoms with Gasteiger partial charge in [-0.2, -0.15) is 0 Å². The smallest absolute Gasteiger partial charge is 0.229 e. The zero-order valence-corrected chi connectivity index (χ0v) is 15.2. The fourth-order valence-corrected chi connectivity index (χ4v) is 3.06. The summed E-state index contributed by atoms with van der Waals surface area (Å²) < 4.78 is 5.28. The van der Waals surface area contributed by atoms with E-state index in [-0.39, 0.29) is 24.1 Å². The van der Waals surface area contributed by atoms with E-state index in [1.54, 1.807) is 23.1 Å². The molecule has 27 heavy (non-hydrogen) atoms. The zero-order chi connectivity index (χ0) is 19.4. The van der Waals surface area contributed by atoms with Gasteiger partial charge in [0.05, 0.1) is 18.7 Å². The Labute approximate surface area is 157 Å².